The molecule has 1 aliphatic heterocycles. The van der Waals surface area contributed by atoms with Crippen LogP contribution in [0.4, 0.5) is 11.4 Å². The monoisotopic (exact) mass is 526 g/mol. The first-order valence-electron chi connectivity index (χ1n) is 12.5. The lowest BCUT2D eigenvalue weighted by molar-refractivity contribution is -0.117. The summed E-state index contributed by atoms with van der Waals surface area (Å²) in [5.41, 5.74) is 0.929. The molecule has 0 spiro atoms. The van der Waals surface area contributed by atoms with Gasteiger partial charge in [-0.2, -0.15) is 5.26 Å². The van der Waals surface area contributed by atoms with E-state index in [9.17, 15) is 24.8 Å². The van der Waals surface area contributed by atoms with Gasteiger partial charge < -0.3 is 26.0 Å². The SMILES string of the molecule is CCNC(=O)C(C#N)=c1sc(=CNc2cccc(NC(=O)CCN3CCC(CO)CC3)c2)c(=O)n1CC. The first-order valence-corrected chi connectivity index (χ1v) is 13.3. The molecule has 0 bridgehead atoms. The summed E-state index contributed by atoms with van der Waals surface area (Å²) in [6.45, 7) is 6.95. The summed E-state index contributed by atoms with van der Waals surface area (Å²) in [5, 5.41) is 27.4. The second-order valence-electron chi connectivity index (χ2n) is 8.80. The third kappa shape index (κ3) is 7.52. The summed E-state index contributed by atoms with van der Waals surface area (Å²) in [5.74, 6) is -0.218. The first kappa shape index (κ1) is 28.1. The van der Waals surface area contributed by atoms with Crippen molar-refractivity contribution in [2.45, 2.75) is 39.7 Å². The van der Waals surface area contributed by atoms with E-state index < -0.39 is 5.91 Å². The molecule has 0 atom stereocenters. The third-order valence-corrected chi connectivity index (χ3v) is 7.38. The number of benzene rings is 1. The number of rotatable bonds is 10. The van der Waals surface area contributed by atoms with Crippen molar-refractivity contribution in [3.63, 3.8) is 0 Å². The number of likely N-dealkylation sites (tertiary alicyclic amines) is 1. The normalized spacial score (nSPS) is 15.7. The maximum absolute atomic E-state index is 12.9. The van der Waals surface area contributed by atoms with E-state index in [1.165, 1.54) is 4.57 Å². The highest BCUT2D eigenvalue weighted by Gasteiger charge is 2.19. The number of nitrogens with zero attached hydrogens (tertiary/aromatic N) is 3. The van der Waals surface area contributed by atoms with Crippen LogP contribution in [-0.4, -0.2) is 59.2 Å². The van der Waals surface area contributed by atoms with Crippen LogP contribution in [0.1, 0.15) is 33.1 Å². The minimum Gasteiger partial charge on any atom is -0.396 e. The van der Waals surface area contributed by atoms with Gasteiger partial charge in [0, 0.05) is 50.2 Å². The lowest BCUT2D eigenvalue weighted by Crippen LogP contribution is -2.36. The Kier molecular flexibility index (Phi) is 10.4. The van der Waals surface area contributed by atoms with Crippen LogP contribution in [0.25, 0.3) is 11.8 Å². The van der Waals surface area contributed by atoms with Crippen molar-refractivity contribution in [1.82, 2.24) is 14.8 Å². The fraction of sp³-hybridized carbons (Fsp3) is 0.462. The third-order valence-electron chi connectivity index (χ3n) is 6.25. The Morgan fingerprint density at radius 2 is 1.97 bits per heavy atom. The van der Waals surface area contributed by atoms with Gasteiger partial charge in [-0.3, -0.25) is 19.0 Å². The van der Waals surface area contributed by atoms with Crippen molar-refractivity contribution in [1.29, 1.82) is 5.26 Å². The molecule has 10 nitrogen and oxygen atoms in total. The fourth-order valence-corrected chi connectivity index (χ4v) is 5.23. The van der Waals surface area contributed by atoms with Gasteiger partial charge in [-0.05, 0) is 63.9 Å². The Morgan fingerprint density at radius 1 is 1.24 bits per heavy atom. The van der Waals surface area contributed by atoms with Crippen LogP contribution in [0.2, 0.25) is 0 Å². The van der Waals surface area contributed by atoms with Gasteiger partial charge in [-0.25, -0.2) is 0 Å². The number of carbonyl (C=O) groups excluding carboxylic acids is 2. The molecule has 1 aromatic heterocycles. The number of amides is 2. The molecule has 2 aromatic rings. The maximum atomic E-state index is 12.9. The van der Waals surface area contributed by atoms with Crippen molar-refractivity contribution in [3.8, 4) is 6.07 Å². The highest BCUT2D eigenvalue weighted by Crippen LogP contribution is 2.17. The smallest absolute Gasteiger partial charge is 0.270 e. The Morgan fingerprint density at radius 3 is 2.62 bits per heavy atom. The number of aliphatic hydroxyl groups is 1. The zero-order chi connectivity index (χ0) is 26.8. The number of nitrogens with one attached hydrogen (secondary N) is 3. The van der Waals surface area contributed by atoms with Crippen molar-refractivity contribution < 1.29 is 14.7 Å². The first-order chi connectivity index (χ1) is 17.9. The Bertz CT molecular complexity index is 1320. The lowest BCUT2D eigenvalue weighted by Gasteiger charge is -2.30. The van der Waals surface area contributed by atoms with Crippen LogP contribution in [0, 0.1) is 17.2 Å². The number of hydrogen-bond donors (Lipinski definition) is 4. The average molecular weight is 527 g/mol. The number of aromatic nitrogens is 1. The highest BCUT2D eigenvalue weighted by atomic mass is 32.1. The molecule has 2 amide bonds. The quantitative estimate of drug-likeness (QED) is 0.356. The topological polar surface area (TPSA) is 139 Å². The molecule has 37 heavy (non-hydrogen) atoms. The summed E-state index contributed by atoms with van der Waals surface area (Å²) >= 11 is 1.08. The number of anilines is 2. The van der Waals surface area contributed by atoms with E-state index in [4.69, 9.17) is 0 Å². The number of thiazole rings is 1. The molecule has 0 saturated carbocycles. The minimum atomic E-state index is -0.508. The van der Waals surface area contributed by atoms with Crippen LogP contribution < -0.4 is 30.7 Å². The number of hydrogen-bond acceptors (Lipinski definition) is 8. The predicted molar refractivity (Wildman–Crippen MR) is 145 cm³/mol. The number of aliphatic hydroxyl groups excluding tert-OH is 1. The van der Waals surface area contributed by atoms with E-state index in [2.05, 4.69) is 20.9 Å². The van der Waals surface area contributed by atoms with E-state index in [-0.39, 0.29) is 23.6 Å². The van der Waals surface area contributed by atoms with Gasteiger partial charge in [-0.1, -0.05) is 6.07 Å². The lowest BCUT2D eigenvalue weighted by atomic mass is 9.98. The van der Waals surface area contributed by atoms with Gasteiger partial charge in [0.25, 0.3) is 11.5 Å². The summed E-state index contributed by atoms with van der Waals surface area (Å²) in [6.07, 6.45) is 3.84. The van der Waals surface area contributed by atoms with E-state index in [1.54, 1.807) is 38.2 Å². The van der Waals surface area contributed by atoms with Crippen molar-refractivity contribution in [3.05, 3.63) is 43.8 Å². The van der Waals surface area contributed by atoms with Crippen LogP contribution >= 0.6 is 11.3 Å². The van der Waals surface area contributed by atoms with E-state index in [0.29, 0.717) is 52.5 Å². The summed E-state index contributed by atoms with van der Waals surface area (Å²) in [4.78, 5) is 39.9. The maximum Gasteiger partial charge on any atom is 0.270 e. The van der Waals surface area contributed by atoms with Crippen LogP contribution in [0.3, 0.4) is 0 Å². The van der Waals surface area contributed by atoms with E-state index in [0.717, 1.165) is 37.3 Å². The van der Waals surface area contributed by atoms with Gasteiger partial charge in [0.1, 0.15) is 15.3 Å². The van der Waals surface area contributed by atoms with Crippen LogP contribution in [0.5, 0.6) is 0 Å². The van der Waals surface area contributed by atoms with Crippen molar-refractivity contribution in [2.75, 3.05) is 43.4 Å². The Balaban J connectivity index is 1.69. The molecule has 198 valence electrons. The molecule has 0 radical (unpaired) electrons. The molecule has 4 N–H and O–H groups in total. The van der Waals surface area contributed by atoms with E-state index in [1.807, 2.05) is 12.1 Å². The zero-order valence-electron chi connectivity index (χ0n) is 21.2. The van der Waals surface area contributed by atoms with Gasteiger partial charge in [0.15, 0.2) is 5.57 Å². The molecule has 11 heteroatoms. The Hall–Kier alpha value is -3.46. The molecule has 0 aliphatic carbocycles. The van der Waals surface area contributed by atoms with Gasteiger partial charge >= 0.3 is 0 Å². The number of nitriles is 1. The molecule has 0 unspecified atom stereocenters. The molecule has 3 rings (SSSR count). The number of piperidine rings is 1. The zero-order valence-corrected chi connectivity index (χ0v) is 22.1. The Labute approximate surface area is 219 Å². The summed E-state index contributed by atoms with van der Waals surface area (Å²) in [6, 6.07) is 9.10. The molecule has 1 aliphatic rings. The molecular weight excluding hydrogens is 492 g/mol. The van der Waals surface area contributed by atoms with Gasteiger partial charge in [0.2, 0.25) is 5.91 Å². The average Bonchev–Trinajstić information content (AvgIpc) is 3.22. The van der Waals surface area contributed by atoms with Crippen LogP contribution in [0.15, 0.2) is 29.1 Å². The number of carbonyl (C=O) groups is 2. The minimum absolute atomic E-state index is 0.0796. The van der Waals surface area contributed by atoms with Crippen molar-refractivity contribution >= 4 is 46.3 Å². The molecule has 1 aromatic carbocycles. The largest absolute Gasteiger partial charge is 0.396 e. The van der Waals surface area contributed by atoms with E-state index >= 15 is 0 Å². The highest BCUT2D eigenvalue weighted by molar-refractivity contribution is 7.07. The van der Waals surface area contributed by atoms with Crippen molar-refractivity contribution in [2.24, 2.45) is 5.92 Å². The molecular formula is C26H34N6O4S. The fourth-order valence-electron chi connectivity index (χ4n) is 4.15. The summed E-state index contributed by atoms with van der Waals surface area (Å²) < 4.78 is 2.08. The van der Waals surface area contributed by atoms with Crippen LogP contribution in [-0.2, 0) is 16.1 Å². The molecule has 1 saturated heterocycles. The predicted octanol–water partition coefficient (Wildman–Crippen LogP) is 0.623. The molecule has 2 heterocycles. The molecule has 1 fully saturated rings. The second-order valence-corrected chi connectivity index (χ2v) is 9.83. The standard InChI is InChI=1S/C26H34N6O4S/c1-3-28-24(35)21(15-27)26-32(4-2)25(36)22(37-26)16-29-19-6-5-7-20(14-19)30-23(34)10-13-31-11-8-18(17-33)9-12-31/h5-7,14,16,18,29,33H,3-4,8-13,17H2,1-2H3,(H,28,35)(H,30,34). The van der Waals surface area contributed by atoms with Gasteiger partial charge in [-0.15, -0.1) is 11.3 Å². The second kappa shape index (κ2) is 13.7. The van der Waals surface area contributed by atoms with Gasteiger partial charge in [0.05, 0.1) is 0 Å². The summed E-state index contributed by atoms with van der Waals surface area (Å²) in [7, 11) is 0.